The average molecular weight is 186 g/mol. The highest BCUT2D eigenvalue weighted by Crippen LogP contribution is 2.01. The highest BCUT2D eigenvalue weighted by atomic mass is 16.2. The van der Waals surface area contributed by atoms with E-state index in [4.69, 9.17) is 0 Å². The number of unbranched alkanes of at least 4 members (excludes halogenated alkanes) is 2. The minimum Gasteiger partial charge on any atom is -0.349 e. The summed E-state index contributed by atoms with van der Waals surface area (Å²) in [5.74, 6) is 0.241. The van der Waals surface area contributed by atoms with Crippen LogP contribution in [0.1, 0.15) is 25.7 Å². The van der Waals surface area contributed by atoms with E-state index in [9.17, 15) is 4.79 Å². The van der Waals surface area contributed by atoms with Gasteiger partial charge in [0.1, 0.15) is 0 Å². The summed E-state index contributed by atoms with van der Waals surface area (Å²) in [5, 5.41) is 0. The molecule has 0 saturated carbocycles. The lowest BCUT2D eigenvalue weighted by molar-refractivity contribution is -0.128. The van der Waals surface area contributed by atoms with Crippen molar-refractivity contribution >= 4 is 5.91 Å². The fourth-order valence-corrected chi connectivity index (χ4v) is 1.10. The molecule has 0 aromatic heterocycles. The molecular weight excluding hydrogens is 164 g/mol. The number of carbonyl (C=O) groups is 1. The molecule has 13 heavy (non-hydrogen) atoms. The van der Waals surface area contributed by atoms with Crippen LogP contribution in [0.3, 0.4) is 0 Å². The van der Waals surface area contributed by atoms with Crippen LogP contribution in [0.25, 0.3) is 0 Å². The van der Waals surface area contributed by atoms with Crippen LogP contribution in [0.2, 0.25) is 0 Å². The molecule has 0 aliphatic rings. The molecule has 0 aliphatic heterocycles. The maximum absolute atomic E-state index is 11.2. The molecule has 0 N–H and O–H groups in total. The molecular formula is C10H22N2O. The van der Waals surface area contributed by atoms with Gasteiger partial charge in [-0.3, -0.25) is 4.79 Å². The van der Waals surface area contributed by atoms with Crippen LogP contribution in [0.4, 0.5) is 0 Å². The first-order valence-electron chi connectivity index (χ1n) is 4.89. The van der Waals surface area contributed by atoms with Crippen molar-refractivity contribution in [3.63, 3.8) is 0 Å². The lowest BCUT2D eigenvalue weighted by Gasteiger charge is -2.11. The molecule has 0 aromatic carbocycles. The Labute approximate surface area is 81.7 Å². The van der Waals surface area contributed by atoms with Crippen LogP contribution < -0.4 is 0 Å². The minimum atomic E-state index is 0.241. The molecule has 0 unspecified atom stereocenters. The summed E-state index contributed by atoms with van der Waals surface area (Å²) in [7, 11) is 7.76. The minimum absolute atomic E-state index is 0.241. The number of amides is 1. The molecule has 0 bridgehead atoms. The van der Waals surface area contributed by atoms with Crippen molar-refractivity contribution in [2.45, 2.75) is 25.7 Å². The van der Waals surface area contributed by atoms with Crippen LogP contribution in [0, 0.1) is 0 Å². The highest BCUT2D eigenvalue weighted by Gasteiger charge is 2.02. The average Bonchev–Trinajstić information content (AvgIpc) is 2.02. The zero-order valence-electron chi connectivity index (χ0n) is 9.34. The molecule has 1 amide bonds. The summed E-state index contributed by atoms with van der Waals surface area (Å²) < 4.78 is 0. The molecule has 0 rings (SSSR count). The van der Waals surface area contributed by atoms with Crippen LogP contribution in [0.15, 0.2) is 0 Å². The van der Waals surface area contributed by atoms with Crippen molar-refractivity contribution in [3.8, 4) is 0 Å². The first kappa shape index (κ1) is 12.4. The summed E-state index contributed by atoms with van der Waals surface area (Å²) in [6.07, 6.45) is 4.05. The Balaban J connectivity index is 3.21. The monoisotopic (exact) mass is 186 g/mol. The zero-order valence-corrected chi connectivity index (χ0v) is 9.34. The lowest BCUT2D eigenvalue weighted by atomic mass is 10.2. The van der Waals surface area contributed by atoms with Gasteiger partial charge >= 0.3 is 0 Å². The van der Waals surface area contributed by atoms with Gasteiger partial charge in [0.2, 0.25) is 5.91 Å². The number of hydrogen-bond acceptors (Lipinski definition) is 2. The molecule has 0 heterocycles. The summed E-state index contributed by atoms with van der Waals surface area (Å²) in [4.78, 5) is 15.0. The Hall–Kier alpha value is -0.570. The Kier molecular flexibility index (Phi) is 6.59. The molecule has 0 aliphatic carbocycles. The second-order valence-corrected chi connectivity index (χ2v) is 3.90. The van der Waals surface area contributed by atoms with Crippen molar-refractivity contribution in [2.75, 3.05) is 34.7 Å². The topological polar surface area (TPSA) is 23.6 Å². The van der Waals surface area contributed by atoms with Gasteiger partial charge in [-0.15, -0.1) is 0 Å². The fraction of sp³-hybridized carbons (Fsp3) is 0.900. The van der Waals surface area contributed by atoms with E-state index >= 15 is 0 Å². The van der Waals surface area contributed by atoms with Crippen LogP contribution in [-0.2, 0) is 4.79 Å². The first-order chi connectivity index (χ1) is 6.04. The van der Waals surface area contributed by atoms with Gasteiger partial charge in [0, 0.05) is 20.5 Å². The summed E-state index contributed by atoms with van der Waals surface area (Å²) in [6.45, 7) is 1.12. The Bertz CT molecular complexity index is 144. The van der Waals surface area contributed by atoms with Gasteiger partial charge in [0.05, 0.1) is 0 Å². The van der Waals surface area contributed by atoms with E-state index < -0.39 is 0 Å². The van der Waals surface area contributed by atoms with Gasteiger partial charge in [-0.1, -0.05) is 6.42 Å². The largest absolute Gasteiger partial charge is 0.349 e. The molecule has 0 atom stereocenters. The predicted molar refractivity (Wildman–Crippen MR) is 55.7 cm³/mol. The van der Waals surface area contributed by atoms with Gasteiger partial charge in [-0.2, -0.15) is 0 Å². The third kappa shape index (κ3) is 7.78. The van der Waals surface area contributed by atoms with Crippen molar-refractivity contribution in [2.24, 2.45) is 0 Å². The van der Waals surface area contributed by atoms with Gasteiger partial charge in [-0.25, -0.2) is 0 Å². The molecule has 78 valence electrons. The van der Waals surface area contributed by atoms with E-state index in [0.717, 1.165) is 19.4 Å². The van der Waals surface area contributed by atoms with E-state index in [1.54, 1.807) is 4.90 Å². The van der Waals surface area contributed by atoms with Crippen LogP contribution in [0.5, 0.6) is 0 Å². The summed E-state index contributed by atoms with van der Waals surface area (Å²) >= 11 is 0. The Morgan fingerprint density at radius 2 is 1.62 bits per heavy atom. The molecule has 0 radical (unpaired) electrons. The maximum atomic E-state index is 11.2. The Morgan fingerprint density at radius 1 is 1.00 bits per heavy atom. The van der Waals surface area contributed by atoms with Gasteiger partial charge in [0.15, 0.2) is 0 Å². The number of rotatable bonds is 6. The van der Waals surface area contributed by atoms with E-state index in [2.05, 4.69) is 19.0 Å². The summed E-state index contributed by atoms with van der Waals surface area (Å²) in [6, 6.07) is 0. The van der Waals surface area contributed by atoms with Gasteiger partial charge in [-0.05, 0) is 33.5 Å². The van der Waals surface area contributed by atoms with E-state index in [1.165, 1.54) is 6.42 Å². The van der Waals surface area contributed by atoms with Crippen molar-refractivity contribution in [1.29, 1.82) is 0 Å². The predicted octanol–water partition coefficient (Wildman–Crippen LogP) is 1.20. The molecule has 0 fully saturated rings. The van der Waals surface area contributed by atoms with E-state index in [-0.39, 0.29) is 5.91 Å². The zero-order chi connectivity index (χ0) is 10.3. The summed E-state index contributed by atoms with van der Waals surface area (Å²) in [5.41, 5.74) is 0. The number of carbonyl (C=O) groups excluding carboxylic acids is 1. The standard InChI is InChI=1S/C10H22N2O/c1-11(2)9-7-5-6-8-10(13)12(3)4/h5-9H2,1-4H3. The second-order valence-electron chi connectivity index (χ2n) is 3.90. The molecule has 0 spiro atoms. The van der Waals surface area contributed by atoms with Crippen molar-refractivity contribution in [1.82, 2.24) is 9.80 Å². The SMILES string of the molecule is CN(C)CCCCCC(=O)N(C)C. The number of nitrogens with zero attached hydrogens (tertiary/aromatic N) is 2. The van der Waals surface area contributed by atoms with Crippen molar-refractivity contribution < 1.29 is 4.79 Å². The molecule has 3 heteroatoms. The fourth-order valence-electron chi connectivity index (χ4n) is 1.10. The van der Waals surface area contributed by atoms with Crippen LogP contribution >= 0.6 is 0 Å². The molecule has 0 saturated heterocycles. The number of hydrogen-bond donors (Lipinski definition) is 0. The van der Waals surface area contributed by atoms with E-state index in [0.29, 0.717) is 6.42 Å². The van der Waals surface area contributed by atoms with E-state index in [1.807, 2.05) is 14.1 Å². The normalized spacial score (nSPS) is 10.5. The third-order valence-corrected chi connectivity index (χ3v) is 1.99. The van der Waals surface area contributed by atoms with Gasteiger partial charge < -0.3 is 9.80 Å². The van der Waals surface area contributed by atoms with Gasteiger partial charge in [0.25, 0.3) is 0 Å². The highest BCUT2D eigenvalue weighted by molar-refractivity contribution is 5.75. The third-order valence-electron chi connectivity index (χ3n) is 1.99. The maximum Gasteiger partial charge on any atom is 0.222 e. The first-order valence-corrected chi connectivity index (χ1v) is 4.89. The quantitative estimate of drug-likeness (QED) is 0.582. The smallest absolute Gasteiger partial charge is 0.222 e. The van der Waals surface area contributed by atoms with Crippen LogP contribution in [-0.4, -0.2) is 50.4 Å². The second kappa shape index (κ2) is 6.89. The van der Waals surface area contributed by atoms with Crippen molar-refractivity contribution in [3.05, 3.63) is 0 Å². The molecule has 3 nitrogen and oxygen atoms in total. The molecule has 0 aromatic rings. The lowest BCUT2D eigenvalue weighted by Crippen LogP contribution is -2.21. The Morgan fingerprint density at radius 3 is 2.08 bits per heavy atom.